The Morgan fingerprint density at radius 3 is 2.00 bits per heavy atom. The van der Waals surface area contributed by atoms with Crippen molar-refractivity contribution in [1.29, 1.82) is 0 Å². The van der Waals surface area contributed by atoms with Crippen LogP contribution in [0.1, 0.15) is 32.4 Å². The van der Waals surface area contributed by atoms with E-state index in [1.165, 1.54) is 16.7 Å². The van der Waals surface area contributed by atoms with Crippen LogP contribution in [0.4, 0.5) is 0 Å². The lowest BCUT2D eigenvalue weighted by molar-refractivity contribution is 0.327. The Morgan fingerprint density at radius 2 is 1.42 bits per heavy atom. The molecule has 0 radical (unpaired) electrons. The van der Waals surface area contributed by atoms with Gasteiger partial charge in [-0.25, -0.2) is 0 Å². The molecule has 19 heavy (non-hydrogen) atoms. The summed E-state index contributed by atoms with van der Waals surface area (Å²) >= 11 is 0. The lowest BCUT2D eigenvalue weighted by Gasteiger charge is -2.27. The first-order valence-corrected chi connectivity index (χ1v) is 6.39. The summed E-state index contributed by atoms with van der Waals surface area (Å²) in [6.45, 7) is 6.52. The van der Waals surface area contributed by atoms with Gasteiger partial charge in [0.05, 0.1) is 0 Å². The van der Waals surface area contributed by atoms with Crippen LogP contribution in [0.5, 0.6) is 0 Å². The van der Waals surface area contributed by atoms with E-state index in [9.17, 15) is 0 Å². The Bertz CT molecular complexity index is 514. The van der Waals surface area contributed by atoms with Crippen LogP contribution in [-0.2, 0) is 0 Å². The fourth-order valence-electron chi connectivity index (χ4n) is 2.04. The summed E-state index contributed by atoms with van der Waals surface area (Å²) in [5.41, 5.74) is 10.1. The number of benzene rings is 2. The van der Waals surface area contributed by atoms with E-state index in [4.69, 9.17) is 5.73 Å². The number of hydrogen-bond acceptors (Lipinski definition) is 1. The number of halogens is 1. The van der Waals surface area contributed by atoms with Crippen LogP contribution in [-0.4, -0.2) is 0 Å². The van der Waals surface area contributed by atoms with Gasteiger partial charge in [0, 0.05) is 6.04 Å². The lowest BCUT2D eigenvalue weighted by atomic mass is 9.82. The molecule has 2 rings (SSSR count). The number of rotatable bonds is 2. The Kier molecular flexibility index (Phi) is 5.16. The third-order valence-corrected chi connectivity index (χ3v) is 3.29. The molecule has 1 atom stereocenters. The highest BCUT2D eigenvalue weighted by molar-refractivity contribution is 5.85. The minimum Gasteiger partial charge on any atom is -0.324 e. The van der Waals surface area contributed by atoms with Gasteiger partial charge in [-0.05, 0) is 28.2 Å². The molecule has 0 fully saturated rings. The van der Waals surface area contributed by atoms with Gasteiger partial charge in [0.15, 0.2) is 0 Å². The van der Waals surface area contributed by atoms with Crippen LogP contribution < -0.4 is 5.73 Å². The molecule has 102 valence electrons. The second kappa shape index (κ2) is 6.23. The molecule has 0 aliphatic carbocycles. The topological polar surface area (TPSA) is 26.0 Å². The lowest BCUT2D eigenvalue weighted by Crippen LogP contribution is -2.26. The van der Waals surface area contributed by atoms with E-state index in [1.54, 1.807) is 0 Å². The third-order valence-electron chi connectivity index (χ3n) is 3.29. The zero-order chi connectivity index (χ0) is 13.2. The predicted molar refractivity (Wildman–Crippen MR) is 85.5 cm³/mol. The van der Waals surface area contributed by atoms with Gasteiger partial charge in [0.2, 0.25) is 0 Å². The molecule has 0 saturated heterocycles. The molecular formula is C17H22ClN. The van der Waals surface area contributed by atoms with Crippen molar-refractivity contribution in [3.63, 3.8) is 0 Å². The van der Waals surface area contributed by atoms with Crippen molar-refractivity contribution < 1.29 is 0 Å². The van der Waals surface area contributed by atoms with E-state index >= 15 is 0 Å². The quantitative estimate of drug-likeness (QED) is 0.835. The zero-order valence-corrected chi connectivity index (χ0v) is 12.6. The molecule has 2 aromatic carbocycles. The monoisotopic (exact) mass is 275 g/mol. The van der Waals surface area contributed by atoms with Gasteiger partial charge < -0.3 is 5.73 Å². The Morgan fingerprint density at radius 1 is 0.842 bits per heavy atom. The second-order valence-corrected chi connectivity index (χ2v) is 5.84. The fourth-order valence-corrected chi connectivity index (χ4v) is 2.04. The maximum Gasteiger partial charge on any atom is 0.0344 e. The molecule has 1 nitrogen and oxygen atoms in total. The van der Waals surface area contributed by atoms with E-state index in [0.717, 1.165) is 0 Å². The average molecular weight is 276 g/mol. The first-order valence-electron chi connectivity index (χ1n) is 6.39. The Hall–Kier alpha value is -1.31. The minimum absolute atomic E-state index is 0. The van der Waals surface area contributed by atoms with Crippen molar-refractivity contribution in [2.45, 2.75) is 26.8 Å². The van der Waals surface area contributed by atoms with Gasteiger partial charge in [-0.2, -0.15) is 0 Å². The maximum absolute atomic E-state index is 6.32. The van der Waals surface area contributed by atoms with Crippen molar-refractivity contribution in [3.8, 4) is 11.1 Å². The average Bonchev–Trinajstić information content (AvgIpc) is 2.38. The van der Waals surface area contributed by atoms with Gasteiger partial charge in [-0.1, -0.05) is 69.3 Å². The van der Waals surface area contributed by atoms with E-state index in [1.807, 2.05) is 6.07 Å². The first-order chi connectivity index (χ1) is 8.48. The van der Waals surface area contributed by atoms with Crippen molar-refractivity contribution >= 4 is 12.4 Å². The zero-order valence-electron chi connectivity index (χ0n) is 11.8. The molecular weight excluding hydrogens is 254 g/mol. The largest absolute Gasteiger partial charge is 0.324 e. The van der Waals surface area contributed by atoms with Crippen LogP contribution in [0.3, 0.4) is 0 Å². The summed E-state index contributed by atoms with van der Waals surface area (Å²) in [6, 6.07) is 19.0. The highest BCUT2D eigenvalue weighted by Gasteiger charge is 2.22. The molecule has 0 saturated carbocycles. The SMILES string of the molecule is CC(C)(C)[C@H](N)c1cccc(-c2ccccc2)c1.Cl. The van der Waals surface area contributed by atoms with Crippen molar-refractivity contribution in [2.24, 2.45) is 11.1 Å². The highest BCUT2D eigenvalue weighted by atomic mass is 35.5. The smallest absolute Gasteiger partial charge is 0.0344 e. The van der Waals surface area contributed by atoms with E-state index < -0.39 is 0 Å². The third kappa shape index (κ3) is 3.82. The molecule has 0 unspecified atom stereocenters. The molecule has 2 N–H and O–H groups in total. The highest BCUT2D eigenvalue weighted by Crippen LogP contribution is 2.32. The first kappa shape index (κ1) is 15.7. The van der Waals surface area contributed by atoms with Crippen molar-refractivity contribution in [3.05, 3.63) is 60.2 Å². The standard InChI is InChI=1S/C17H21N.ClH/c1-17(2,3)16(18)15-11-7-10-14(12-15)13-8-5-4-6-9-13;/h4-12,16H,18H2,1-3H3;1H/t16-;/m1./s1. The van der Waals surface area contributed by atoms with Gasteiger partial charge >= 0.3 is 0 Å². The molecule has 0 aliphatic rings. The molecule has 0 spiro atoms. The van der Waals surface area contributed by atoms with Crippen LogP contribution in [0.2, 0.25) is 0 Å². The molecule has 0 aliphatic heterocycles. The molecule has 2 aromatic rings. The Balaban J connectivity index is 0.00000180. The van der Waals surface area contributed by atoms with Crippen LogP contribution in [0, 0.1) is 5.41 Å². The number of nitrogens with two attached hydrogens (primary N) is 1. The molecule has 0 heterocycles. The summed E-state index contributed by atoms with van der Waals surface area (Å²) in [7, 11) is 0. The molecule has 0 amide bonds. The van der Waals surface area contributed by atoms with E-state index in [2.05, 4.69) is 69.3 Å². The Labute approximate surface area is 122 Å². The second-order valence-electron chi connectivity index (χ2n) is 5.84. The van der Waals surface area contributed by atoms with Crippen molar-refractivity contribution in [1.82, 2.24) is 0 Å². The molecule has 0 aromatic heterocycles. The maximum atomic E-state index is 6.32. The van der Waals surface area contributed by atoms with E-state index in [-0.39, 0.29) is 23.9 Å². The predicted octanol–water partition coefficient (Wildman–Crippen LogP) is 4.82. The molecule has 0 bridgehead atoms. The summed E-state index contributed by atoms with van der Waals surface area (Å²) in [4.78, 5) is 0. The van der Waals surface area contributed by atoms with E-state index in [0.29, 0.717) is 0 Å². The van der Waals surface area contributed by atoms with Gasteiger partial charge in [0.1, 0.15) is 0 Å². The summed E-state index contributed by atoms with van der Waals surface area (Å²) in [6.07, 6.45) is 0. The summed E-state index contributed by atoms with van der Waals surface area (Å²) in [5.74, 6) is 0. The number of hydrogen-bond donors (Lipinski definition) is 1. The molecule has 2 heteroatoms. The minimum atomic E-state index is 0. The summed E-state index contributed by atoms with van der Waals surface area (Å²) in [5, 5.41) is 0. The van der Waals surface area contributed by atoms with Crippen molar-refractivity contribution in [2.75, 3.05) is 0 Å². The van der Waals surface area contributed by atoms with Gasteiger partial charge in [-0.15, -0.1) is 12.4 Å². The fraction of sp³-hybridized carbons (Fsp3) is 0.294. The van der Waals surface area contributed by atoms with Gasteiger partial charge in [-0.3, -0.25) is 0 Å². The van der Waals surface area contributed by atoms with Gasteiger partial charge in [0.25, 0.3) is 0 Å². The summed E-state index contributed by atoms with van der Waals surface area (Å²) < 4.78 is 0. The van der Waals surface area contributed by atoms with Crippen LogP contribution in [0.15, 0.2) is 54.6 Å². The normalized spacial score (nSPS) is 12.6. The van der Waals surface area contributed by atoms with Crippen LogP contribution >= 0.6 is 12.4 Å². The van der Waals surface area contributed by atoms with Crippen LogP contribution in [0.25, 0.3) is 11.1 Å².